The Morgan fingerprint density at radius 2 is 2.00 bits per heavy atom. The predicted octanol–water partition coefficient (Wildman–Crippen LogP) is 1.99. The molecule has 1 aliphatic heterocycles. The minimum atomic E-state index is -0.978. The molecule has 3 amide bonds. The number of alkyl carbamates (subject to hydrolysis) is 1. The second-order valence-electron chi connectivity index (χ2n) is 9.61. The number of aryl methyl sites for hydroxylation is 1. The van der Waals surface area contributed by atoms with Crippen LogP contribution in [0.4, 0.5) is 4.79 Å². The molecule has 2 heterocycles. The number of amides is 3. The number of hydrogen-bond donors (Lipinski definition) is 3. The van der Waals surface area contributed by atoms with Gasteiger partial charge >= 0.3 is 6.09 Å². The number of carbonyl (C=O) groups is 4. The molecule has 0 saturated carbocycles. The molecule has 1 aliphatic rings. The van der Waals surface area contributed by atoms with E-state index in [0.29, 0.717) is 32.2 Å². The highest BCUT2D eigenvalue weighted by Gasteiger charge is 2.32. The summed E-state index contributed by atoms with van der Waals surface area (Å²) in [5.74, 6) is -2.19. The van der Waals surface area contributed by atoms with Crippen molar-refractivity contribution in [2.45, 2.75) is 72.4 Å². The van der Waals surface area contributed by atoms with Gasteiger partial charge in [-0.15, -0.1) is 0 Å². The first-order valence-corrected chi connectivity index (χ1v) is 11.7. The fourth-order valence-corrected chi connectivity index (χ4v) is 3.90. The Morgan fingerprint density at radius 1 is 1.28 bits per heavy atom. The number of hydrogen-bond acceptors (Lipinski definition) is 7. The van der Waals surface area contributed by atoms with Gasteiger partial charge in [0.1, 0.15) is 6.04 Å². The highest BCUT2D eigenvalue weighted by Crippen LogP contribution is 2.15. The van der Waals surface area contributed by atoms with Gasteiger partial charge in [0.25, 0.3) is 5.91 Å². The van der Waals surface area contributed by atoms with Crippen LogP contribution in [0, 0.1) is 11.3 Å². The monoisotopic (exact) mass is 466 g/mol. The van der Waals surface area contributed by atoms with Crippen LogP contribution in [0.25, 0.3) is 0 Å². The van der Waals surface area contributed by atoms with Crippen LogP contribution >= 0.6 is 11.5 Å². The Labute approximate surface area is 193 Å². The normalized spacial score (nSPS) is 18.8. The average Bonchev–Trinajstić information content (AvgIpc) is 3.15. The maximum absolute atomic E-state index is 12.9. The summed E-state index contributed by atoms with van der Waals surface area (Å²) in [4.78, 5) is 51.2. The number of aromatic nitrogens is 1. The first kappa shape index (κ1) is 25.8. The van der Waals surface area contributed by atoms with Gasteiger partial charge in [-0.3, -0.25) is 14.4 Å². The average molecular weight is 467 g/mol. The second kappa shape index (κ2) is 11.4. The Balaban J connectivity index is 2.05. The third kappa shape index (κ3) is 8.22. The molecule has 0 aromatic carbocycles. The van der Waals surface area contributed by atoms with Crippen LogP contribution in [0.5, 0.6) is 0 Å². The van der Waals surface area contributed by atoms with E-state index in [4.69, 9.17) is 4.74 Å². The third-order valence-electron chi connectivity index (χ3n) is 4.91. The molecule has 2 unspecified atom stereocenters. The summed E-state index contributed by atoms with van der Waals surface area (Å²) < 4.78 is 9.60. The molecule has 9 nitrogen and oxygen atoms in total. The minimum Gasteiger partial charge on any atom is -0.449 e. The van der Waals surface area contributed by atoms with Crippen LogP contribution in [0.3, 0.4) is 0 Å². The summed E-state index contributed by atoms with van der Waals surface area (Å²) in [5.41, 5.74) is 0.732. The van der Waals surface area contributed by atoms with Crippen LogP contribution in [0.1, 0.15) is 58.0 Å². The molecule has 10 heteroatoms. The van der Waals surface area contributed by atoms with Crippen LogP contribution in [0.2, 0.25) is 0 Å². The number of nitrogens with zero attached hydrogens (tertiary/aromatic N) is 1. The van der Waals surface area contributed by atoms with Gasteiger partial charge in [0.15, 0.2) is 0 Å². The van der Waals surface area contributed by atoms with Crippen molar-refractivity contribution in [3.8, 4) is 0 Å². The summed E-state index contributed by atoms with van der Waals surface area (Å²) in [6.45, 7) is 9.87. The number of ether oxygens (including phenoxy) is 1. The van der Waals surface area contributed by atoms with Gasteiger partial charge in [0.2, 0.25) is 11.7 Å². The fourth-order valence-electron chi connectivity index (χ4n) is 3.14. The van der Waals surface area contributed by atoms with Gasteiger partial charge in [-0.25, -0.2) is 4.79 Å². The minimum absolute atomic E-state index is 0.199. The van der Waals surface area contributed by atoms with Crippen molar-refractivity contribution >= 4 is 35.2 Å². The topological polar surface area (TPSA) is 126 Å². The Morgan fingerprint density at radius 3 is 2.66 bits per heavy atom. The second-order valence-corrected chi connectivity index (χ2v) is 10.5. The smallest absolute Gasteiger partial charge is 0.407 e. The lowest BCUT2D eigenvalue weighted by atomic mass is 9.99. The van der Waals surface area contributed by atoms with Gasteiger partial charge in [0.05, 0.1) is 18.3 Å². The highest BCUT2D eigenvalue weighted by molar-refractivity contribution is 7.05. The zero-order valence-corrected chi connectivity index (χ0v) is 20.3. The molecule has 1 aromatic rings. The first-order chi connectivity index (χ1) is 15.0. The summed E-state index contributed by atoms with van der Waals surface area (Å²) in [6.07, 6.45) is 1.44. The molecule has 0 saturated heterocycles. The molecule has 1 aromatic heterocycles. The molecule has 178 valence electrons. The van der Waals surface area contributed by atoms with Crippen LogP contribution in [0.15, 0.2) is 6.07 Å². The van der Waals surface area contributed by atoms with Crippen molar-refractivity contribution in [2.24, 2.45) is 11.3 Å². The number of fused-ring (bicyclic) bond motifs is 2. The van der Waals surface area contributed by atoms with Crippen LogP contribution in [-0.4, -0.2) is 53.3 Å². The fraction of sp³-hybridized carbons (Fsp3) is 0.682. The summed E-state index contributed by atoms with van der Waals surface area (Å²) in [6, 6.07) is 0.130. The van der Waals surface area contributed by atoms with Gasteiger partial charge < -0.3 is 20.7 Å². The van der Waals surface area contributed by atoms with E-state index < -0.39 is 35.8 Å². The molecule has 0 spiro atoms. The summed E-state index contributed by atoms with van der Waals surface area (Å²) in [5, 5.41) is 7.87. The Hall–Kier alpha value is -2.49. The maximum Gasteiger partial charge on any atom is 0.407 e. The van der Waals surface area contributed by atoms with Crippen molar-refractivity contribution < 1.29 is 23.9 Å². The van der Waals surface area contributed by atoms with Crippen molar-refractivity contribution in [2.75, 3.05) is 13.2 Å². The van der Waals surface area contributed by atoms with Crippen molar-refractivity contribution in [1.82, 2.24) is 20.3 Å². The molecular formula is C22H34N4O5S. The van der Waals surface area contributed by atoms with E-state index in [1.807, 2.05) is 26.8 Å². The molecule has 0 fully saturated rings. The molecule has 0 radical (unpaired) electrons. The molecule has 2 bridgehead atoms. The van der Waals surface area contributed by atoms with Gasteiger partial charge in [-0.1, -0.05) is 34.6 Å². The van der Waals surface area contributed by atoms with Crippen LogP contribution < -0.4 is 16.0 Å². The highest BCUT2D eigenvalue weighted by atomic mass is 32.1. The third-order valence-corrected chi connectivity index (χ3v) is 5.79. The lowest BCUT2D eigenvalue weighted by Crippen LogP contribution is -2.55. The molecule has 2 atom stereocenters. The largest absolute Gasteiger partial charge is 0.449 e. The van der Waals surface area contributed by atoms with Gasteiger partial charge in [-0.05, 0) is 48.2 Å². The number of nitrogens with one attached hydrogen (secondary N) is 3. The molecule has 0 aliphatic carbocycles. The van der Waals surface area contributed by atoms with E-state index in [-0.39, 0.29) is 17.9 Å². The molecule has 3 N–H and O–H groups in total. The van der Waals surface area contributed by atoms with Crippen LogP contribution in [-0.2, 0) is 32.0 Å². The molecule has 32 heavy (non-hydrogen) atoms. The standard InChI is InChI=1S/C22H34N4O5S/c1-13(2)17(25-21(30)31-12-22(3,4)5)19(28)24-16-8-6-7-14-11-15(32-26-14)9-10-23-20(29)18(16)27/h11,13,16-17H,6-10,12H2,1-5H3,(H,23,29)(H,24,28)(H,25,30). The summed E-state index contributed by atoms with van der Waals surface area (Å²) >= 11 is 1.39. The maximum atomic E-state index is 12.9. The Kier molecular flexibility index (Phi) is 9.18. The van der Waals surface area contributed by atoms with E-state index in [0.717, 1.165) is 10.6 Å². The van der Waals surface area contributed by atoms with Gasteiger partial charge in [0, 0.05) is 17.8 Å². The zero-order chi connectivity index (χ0) is 23.9. The summed E-state index contributed by atoms with van der Waals surface area (Å²) in [7, 11) is 0. The van der Waals surface area contributed by atoms with E-state index in [1.165, 1.54) is 11.5 Å². The predicted molar refractivity (Wildman–Crippen MR) is 121 cm³/mol. The van der Waals surface area contributed by atoms with Gasteiger partial charge in [-0.2, -0.15) is 4.37 Å². The number of Topliss-reactive ketones (excluding diaryl/α,β-unsaturated/α-hetero) is 1. The molecule has 2 rings (SSSR count). The van der Waals surface area contributed by atoms with E-state index in [9.17, 15) is 19.2 Å². The van der Waals surface area contributed by atoms with E-state index in [2.05, 4.69) is 20.3 Å². The molecular weight excluding hydrogens is 432 g/mol. The zero-order valence-electron chi connectivity index (χ0n) is 19.4. The Bertz CT molecular complexity index is 831. The lowest BCUT2D eigenvalue weighted by Gasteiger charge is -2.25. The van der Waals surface area contributed by atoms with Crippen molar-refractivity contribution in [1.29, 1.82) is 0 Å². The quantitative estimate of drug-likeness (QED) is 0.570. The van der Waals surface area contributed by atoms with Crippen molar-refractivity contribution in [3.63, 3.8) is 0 Å². The number of rotatable bonds is 5. The van der Waals surface area contributed by atoms with E-state index >= 15 is 0 Å². The van der Waals surface area contributed by atoms with Crippen molar-refractivity contribution in [3.05, 3.63) is 16.6 Å². The SMILES string of the molecule is CC(C)C(NC(=O)OCC(C)(C)C)C(=O)NC1CCCc2cc(sn2)CCNC(=O)C1=O. The number of carbonyl (C=O) groups excluding carboxylic acids is 4. The lowest BCUT2D eigenvalue weighted by molar-refractivity contribution is -0.140. The number of ketones is 1. The van der Waals surface area contributed by atoms with E-state index in [1.54, 1.807) is 13.8 Å². The first-order valence-electron chi connectivity index (χ1n) is 11.0.